The van der Waals surface area contributed by atoms with Crippen molar-refractivity contribution >= 4 is 29.1 Å². The number of aliphatic hydroxyl groups is 1. The van der Waals surface area contributed by atoms with E-state index in [-0.39, 0.29) is 17.9 Å². The van der Waals surface area contributed by atoms with E-state index in [0.717, 1.165) is 5.56 Å². The van der Waals surface area contributed by atoms with Crippen LogP contribution in [0.2, 0.25) is 5.02 Å². The summed E-state index contributed by atoms with van der Waals surface area (Å²) in [5.74, 6) is -0.738. The molecule has 4 rings (SSSR count). The lowest BCUT2D eigenvalue weighted by Gasteiger charge is -2.26. The van der Waals surface area contributed by atoms with Gasteiger partial charge in [0.15, 0.2) is 11.5 Å². The second-order valence-corrected chi connectivity index (χ2v) is 7.97. The summed E-state index contributed by atoms with van der Waals surface area (Å²) in [4.78, 5) is 27.7. The minimum absolute atomic E-state index is 0.00507. The highest BCUT2D eigenvalue weighted by Crippen LogP contribution is 2.42. The predicted octanol–water partition coefficient (Wildman–Crippen LogP) is 4.98. The van der Waals surface area contributed by atoms with Gasteiger partial charge in [0, 0.05) is 17.1 Å². The van der Waals surface area contributed by atoms with Gasteiger partial charge < -0.3 is 19.5 Å². The number of amides is 1. The van der Waals surface area contributed by atoms with Gasteiger partial charge in [0.05, 0.1) is 25.8 Å². The fourth-order valence-electron chi connectivity index (χ4n) is 3.96. The minimum Gasteiger partial charge on any atom is -0.507 e. The van der Waals surface area contributed by atoms with Crippen molar-refractivity contribution in [2.24, 2.45) is 0 Å². The molecule has 1 aliphatic rings. The van der Waals surface area contributed by atoms with E-state index in [4.69, 9.17) is 21.1 Å². The summed E-state index contributed by atoms with van der Waals surface area (Å²) >= 11 is 5.98. The number of ketones is 1. The summed E-state index contributed by atoms with van der Waals surface area (Å²) in [5, 5.41) is 11.6. The van der Waals surface area contributed by atoms with Gasteiger partial charge in [0.25, 0.3) is 11.7 Å². The van der Waals surface area contributed by atoms with Crippen LogP contribution in [0, 0.1) is 0 Å². The lowest BCUT2D eigenvalue weighted by atomic mass is 9.95. The molecule has 0 radical (unpaired) electrons. The zero-order valence-electron chi connectivity index (χ0n) is 18.1. The highest BCUT2D eigenvalue weighted by Gasteiger charge is 2.46. The molecule has 1 unspecified atom stereocenters. The van der Waals surface area contributed by atoms with Gasteiger partial charge in [-0.15, -0.1) is 0 Å². The Kier molecular flexibility index (Phi) is 6.38. The molecule has 1 saturated heterocycles. The third-order valence-corrected chi connectivity index (χ3v) is 5.83. The molecule has 1 N–H and O–H groups in total. The summed E-state index contributed by atoms with van der Waals surface area (Å²) in [6, 6.07) is 20.2. The van der Waals surface area contributed by atoms with Crippen molar-refractivity contribution in [3.05, 3.63) is 100 Å². The van der Waals surface area contributed by atoms with Crippen molar-refractivity contribution in [2.45, 2.75) is 12.6 Å². The first-order valence-electron chi connectivity index (χ1n) is 10.2. The summed E-state index contributed by atoms with van der Waals surface area (Å²) in [7, 11) is 3.04. The molecule has 0 spiro atoms. The van der Waals surface area contributed by atoms with Gasteiger partial charge in [0.2, 0.25) is 0 Å². The van der Waals surface area contributed by atoms with Crippen molar-refractivity contribution < 1.29 is 24.2 Å². The normalized spacial score (nSPS) is 17.3. The number of carbonyl (C=O) groups is 2. The van der Waals surface area contributed by atoms with Crippen LogP contribution < -0.4 is 9.47 Å². The van der Waals surface area contributed by atoms with Crippen molar-refractivity contribution in [1.29, 1.82) is 0 Å². The molecule has 33 heavy (non-hydrogen) atoms. The Hall–Kier alpha value is -3.77. The fraction of sp³-hybridized carbons (Fsp3) is 0.154. The number of rotatable bonds is 6. The molecule has 0 bridgehead atoms. The third-order valence-electron chi connectivity index (χ3n) is 5.58. The first-order valence-corrected chi connectivity index (χ1v) is 10.6. The Balaban J connectivity index is 1.89. The molecule has 1 heterocycles. The highest BCUT2D eigenvalue weighted by atomic mass is 35.5. The molecule has 0 saturated carbocycles. The molecule has 1 amide bonds. The van der Waals surface area contributed by atoms with Gasteiger partial charge in [-0.25, -0.2) is 0 Å². The Morgan fingerprint density at radius 1 is 0.939 bits per heavy atom. The molecule has 3 aromatic rings. The minimum atomic E-state index is -0.819. The van der Waals surface area contributed by atoms with Gasteiger partial charge >= 0.3 is 0 Å². The van der Waals surface area contributed by atoms with Crippen molar-refractivity contribution in [2.75, 3.05) is 14.2 Å². The molecule has 0 aromatic heterocycles. The Labute approximate surface area is 196 Å². The van der Waals surface area contributed by atoms with Gasteiger partial charge in [0.1, 0.15) is 5.76 Å². The van der Waals surface area contributed by atoms with E-state index in [1.54, 1.807) is 42.5 Å². The van der Waals surface area contributed by atoms with Crippen LogP contribution in [0.4, 0.5) is 0 Å². The number of carbonyl (C=O) groups excluding carboxylic acids is 2. The maximum atomic E-state index is 13.2. The van der Waals surface area contributed by atoms with Gasteiger partial charge in [-0.3, -0.25) is 9.59 Å². The number of benzene rings is 3. The maximum absolute atomic E-state index is 13.2. The van der Waals surface area contributed by atoms with Crippen LogP contribution in [0.15, 0.2) is 78.4 Å². The molecule has 0 aliphatic carbocycles. The summed E-state index contributed by atoms with van der Waals surface area (Å²) < 4.78 is 10.8. The molecule has 3 aromatic carbocycles. The number of methoxy groups -OCH3 is 2. The molecule has 168 valence electrons. The first-order chi connectivity index (χ1) is 15.9. The second kappa shape index (κ2) is 9.38. The van der Waals surface area contributed by atoms with E-state index < -0.39 is 17.7 Å². The van der Waals surface area contributed by atoms with Crippen LogP contribution in [0.5, 0.6) is 11.5 Å². The number of hydrogen-bond acceptors (Lipinski definition) is 5. The largest absolute Gasteiger partial charge is 0.507 e. The summed E-state index contributed by atoms with van der Waals surface area (Å²) in [5.41, 5.74) is 1.86. The number of aliphatic hydroxyl groups excluding tert-OH is 1. The smallest absolute Gasteiger partial charge is 0.295 e. The van der Waals surface area contributed by atoms with Crippen LogP contribution in [0.25, 0.3) is 5.76 Å². The molecular formula is C26H22ClNO5. The van der Waals surface area contributed by atoms with Crippen molar-refractivity contribution in [1.82, 2.24) is 4.90 Å². The number of hydrogen-bond donors (Lipinski definition) is 1. The first kappa shape index (κ1) is 22.4. The lowest BCUT2D eigenvalue weighted by Crippen LogP contribution is -2.29. The Morgan fingerprint density at radius 3 is 2.24 bits per heavy atom. The molecule has 1 aliphatic heterocycles. The number of halogens is 1. The molecular weight excluding hydrogens is 442 g/mol. The van der Waals surface area contributed by atoms with Gasteiger partial charge in [-0.2, -0.15) is 0 Å². The zero-order chi connectivity index (χ0) is 23.5. The fourth-order valence-corrected chi connectivity index (χ4v) is 4.08. The Morgan fingerprint density at radius 2 is 1.61 bits per heavy atom. The third kappa shape index (κ3) is 4.30. The van der Waals surface area contributed by atoms with E-state index in [2.05, 4.69) is 0 Å². The van der Waals surface area contributed by atoms with E-state index in [1.807, 2.05) is 30.3 Å². The van der Waals surface area contributed by atoms with Gasteiger partial charge in [-0.1, -0.05) is 48.0 Å². The monoisotopic (exact) mass is 463 g/mol. The summed E-state index contributed by atoms with van der Waals surface area (Å²) in [6.45, 7) is 0.196. The van der Waals surface area contributed by atoms with Crippen LogP contribution in [-0.2, 0) is 16.1 Å². The number of ether oxygens (including phenoxy) is 2. The quantitative estimate of drug-likeness (QED) is 0.317. The highest BCUT2D eigenvalue weighted by molar-refractivity contribution is 6.46. The SMILES string of the molecule is COc1ccc(C2C(=C(O)c3ccc(Cl)cc3)C(=O)C(=O)N2Cc2ccccc2)cc1OC. The number of likely N-dealkylation sites (tertiary alicyclic amines) is 1. The van der Waals surface area contributed by atoms with Crippen molar-refractivity contribution in [3.63, 3.8) is 0 Å². The van der Waals surface area contributed by atoms with E-state index in [0.29, 0.717) is 27.6 Å². The number of nitrogens with zero attached hydrogens (tertiary/aromatic N) is 1. The van der Waals surface area contributed by atoms with Crippen LogP contribution >= 0.6 is 11.6 Å². The van der Waals surface area contributed by atoms with Crippen molar-refractivity contribution in [3.8, 4) is 11.5 Å². The molecule has 1 atom stereocenters. The standard InChI is InChI=1S/C26H22ClNO5/c1-32-20-13-10-18(14-21(20)33-2)23-22(24(29)17-8-11-19(27)12-9-17)25(30)26(31)28(23)15-16-6-4-3-5-7-16/h3-14,23,29H,15H2,1-2H3. The molecule has 7 heteroatoms. The predicted molar refractivity (Wildman–Crippen MR) is 125 cm³/mol. The van der Waals surface area contributed by atoms with E-state index >= 15 is 0 Å². The zero-order valence-corrected chi connectivity index (χ0v) is 18.9. The Bertz CT molecular complexity index is 1220. The lowest BCUT2D eigenvalue weighted by molar-refractivity contribution is -0.140. The second-order valence-electron chi connectivity index (χ2n) is 7.53. The van der Waals surface area contributed by atoms with E-state index in [1.165, 1.54) is 19.1 Å². The van der Waals surface area contributed by atoms with Crippen LogP contribution in [0.3, 0.4) is 0 Å². The molecule has 6 nitrogen and oxygen atoms in total. The van der Waals surface area contributed by atoms with Crippen LogP contribution in [-0.4, -0.2) is 35.9 Å². The van der Waals surface area contributed by atoms with Gasteiger partial charge in [-0.05, 0) is 47.5 Å². The van der Waals surface area contributed by atoms with E-state index in [9.17, 15) is 14.7 Å². The topological polar surface area (TPSA) is 76.1 Å². The molecule has 1 fully saturated rings. The summed E-state index contributed by atoms with van der Waals surface area (Å²) in [6.07, 6.45) is 0. The maximum Gasteiger partial charge on any atom is 0.295 e. The average Bonchev–Trinajstić information content (AvgIpc) is 3.09. The number of Topliss-reactive ketones (excluding diaryl/α,β-unsaturated/α-hetero) is 1. The average molecular weight is 464 g/mol. The van der Waals surface area contributed by atoms with Crippen LogP contribution in [0.1, 0.15) is 22.7 Å².